The van der Waals surface area contributed by atoms with Crippen molar-refractivity contribution in [1.82, 2.24) is 9.62 Å². The van der Waals surface area contributed by atoms with Crippen LogP contribution in [0, 0.1) is 0 Å². The molecule has 4 rings (SSSR count). The molecule has 1 atom stereocenters. The number of nitrogens with one attached hydrogen (secondary N) is 1. The van der Waals surface area contributed by atoms with Gasteiger partial charge in [-0.15, -0.1) is 0 Å². The SMILES string of the molecule is NS(=O)(=O)c1ccc(CCNC(=O)C2CCCN2S(=O)(=O)c2ccc3c(c2)OCCO3)cc1. The van der Waals surface area contributed by atoms with Crippen molar-refractivity contribution < 1.29 is 31.1 Å². The van der Waals surface area contributed by atoms with Crippen LogP contribution in [0.3, 0.4) is 0 Å². The molecule has 2 aliphatic heterocycles. The van der Waals surface area contributed by atoms with E-state index in [0.717, 1.165) is 5.56 Å². The van der Waals surface area contributed by atoms with Crippen LogP contribution in [0.5, 0.6) is 11.5 Å². The molecule has 12 heteroatoms. The normalized spacial score (nSPS) is 18.8. The zero-order valence-electron chi connectivity index (χ0n) is 17.8. The van der Waals surface area contributed by atoms with Crippen LogP contribution in [-0.4, -0.2) is 59.4 Å². The topological polar surface area (TPSA) is 145 Å². The second-order valence-corrected chi connectivity index (χ2v) is 11.3. The number of hydrogen-bond acceptors (Lipinski definition) is 7. The van der Waals surface area contributed by atoms with Crippen LogP contribution >= 0.6 is 0 Å². The molecule has 0 bridgehead atoms. The minimum atomic E-state index is -3.89. The molecule has 1 amide bonds. The summed E-state index contributed by atoms with van der Waals surface area (Å²) < 4.78 is 61.3. The van der Waals surface area contributed by atoms with E-state index in [1.54, 1.807) is 18.2 Å². The molecule has 0 saturated carbocycles. The minimum absolute atomic E-state index is 0.0150. The summed E-state index contributed by atoms with van der Waals surface area (Å²) in [5.41, 5.74) is 0.815. The van der Waals surface area contributed by atoms with Crippen molar-refractivity contribution in [2.24, 2.45) is 5.14 Å². The lowest BCUT2D eigenvalue weighted by molar-refractivity contribution is -0.124. The van der Waals surface area contributed by atoms with Gasteiger partial charge in [-0.1, -0.05) is 12.1 Å². The molecule has 2 heterocycles. The molecule has 10 nitrogen and oxygen atoms in total. The molecule has 3 N–H and O–H groups in total. The van der Waals surface area contributed by atoms with Gasteiger partial charge in [0.05, 0.1) is 9.79 Å². The molecule has 0 spiro atoms. The first-order chi connectivity index (χ1) is 15.7. The number of nitrogens with two attached hydrogens (primary N) is 1. The second-order valence-electron chi connectivity index (χ2n) is 7.81. The zero-order valence-corrected chi connectivity index (χ0v) is 19.4. The van der Waals surface area contributed by atoms with E-state index in [0.29, 0.717) is 44.0 Å². The first-order valence-corrected chi connectivity index (χ1v) is 13.5. The van der Waals surface area contributed by atoms with Crippen LogP contribution < -0.4 is 19.9 Å². The van der Waals surface area contributed by atoms with Crippen molar-refractivity contribution in [2.75, 3.05) is 26.3 Å². The summed E-state index contributed by atoms with van der Waals surface area (Å²) in [5, 5.41) is 7.88. The third kappa shape index (κ3) is 5.13. The Morgan fingerprint density at radius 2 is 1.67 bits per heavy atom. The minimum Gasteiger partial charge on any atom is -0.486 e. The highest BCUT2D eigenvalue weighted by atomic mass is 32.2. The molecule has 2 aliphatic rings. The first-order valence-electron chi connectivity index (χ1n) is 10.5. The number of rotatable bonds is 7. The van der Waals surface area contributed by atoms with Crippen LogP contribution in [0.15, 0.2) is 52.3 Å². The quantitative estimate of drug-likeness (QED) is 0.573. The van der Waals surface area contributed by atoms with Crippen LogP contribution in [-0.2, 0) is 31.3 Å². The highest BCUT2D eigenvalue weighted by Gasteiger charge is 2.39. The van der Waals surface area contributed by atoms with Crippen molar-refractivity contribution in [1.29, 1.82) is 0 Å². The average molecular weight is 496 g/mol. The molecule has 1 fully saturated rings. The number of benzene rings is 2. The van der Waals surface area contributed by atoms with Crippen LogP contribution in [0.25, 0.3) is 0 Å². The van der Waals surface area contributed by atoms with Gasteiger partial charge in [0.25, 0.3) is 0 Å². The predicted octanol–water partition coefficient (Wildman–Crippen LogP) is 0.617. The summed E-state index contributed by atoms with van der Waals surface area (Å²) >= 11 is 0. The van der Waals surface area contributed by atoms with Crippen LogP contribution in [0.2, 0.25) is 0 Å². The van der Waals surface area contributed by atoms with Crippen molar-refractivity contribution >= 4 is 26.0 Å². The fourth-order valence-electron chi connectivity index (χ4n) is 3.90. The fourth-order valence-corrected chi connectivity index (χ4v) is 6.09. The van der Waals surface area contributed by atoms with E-state index in [4.69, 9.17) is 14.6 Å². The fraction of sp³-hybridized carbons (Fsp3) is 0.381. The predicted molar refractivity (Wildman–Crippen MR) is 119 cm³/mol. The number of nitrogens with zero attached hydrogens (tertiary/aromatic N) is 1. The van der Waals surface area contributed by atoms with Crippen molar-refractivity contribution in [3.63, 3.8) is 0 Å². The average Bonchev–Trinajstić information content (AvgIpc) is 3.29. The standard InChI is InChI=1S/C21H25N3O7S2/c22-32(26,27)16-5-3-15(4-6-16)9-10-23-21(25)18-2-1-11-24(18)33(28,29)17-7-8-19-20(14-17)31-13-12-30-19/h3-8,14,18H,1-2,9-13H2,(H,23,25)(H2,22,26,27). The van der Waals surface area contributed by atoms with Crippen LogP contribution in [0.4, 0.5) is 0 Å². The monoisotopic (exact) mass is 495 g/mol. The van der Waals surface area contributed by atoms with E-state index in [1.807, 2.05) is 0 Å². The Kier molecular flexibility index (Phi) is 6.61. The summed E-state index contributed by atoms with van der Waals surface area (Å²) in [6, 6.07) is 9.72. The van der Waals surface area contributed by atoms with E-state index < -0.39 is 26.1 Å². The molecule has 2 aromatic carbocycles. The maximum atomic E-state index is 13.2. The van der Waals surface area contributed by atoms with E-state index in [9.17, 15) is 21.6 Å². The van der Waals surface area contributed by atoms with Crippen molar-refractivity contribution in [2.45, 2.75) is 35.1 Å². The smallest absolute Gasteiger partial charge is 0.243 e. The zero-order chi connectivity index (χ0) is 23.6. The third-order valence-corrected chi connectivity index (χ3v) is 8.42. The van der Waals surface area contributed by atoms with Gasteiger partial charge in [0.1, 0.15) is 19.3 Å². The highest BCUT2D eigenvalue weighted by Crippen LogP contribution is 2.34. The molecule has 33 heavy (non-hydrogen) atoms. The summed E-state index contributed by atoms with van der Waals surface area (Å²) in [4.78, 5) is 12.9. The molecule has 1 saturated heterocycles. The van der Waals surface area contributed by atoms with Crippen molar-refractivity contribution in [3.05, 3.63) is 48.0 Å². The lowest BCUT2D eigenvalue weighted by Gasteiger charge is -2.24. The Bertz CT molecular complexity index is 1250. The van der Waals surface area contributed by atoms with Gasteiger partial charge in [0.15, 0.2) is 11.5 Å². The Morgan fingerprint density at radius 3 is 2.36 bits per heavy atom. The number of carbonyl (C=O) groups excluding carboxylic acids is 1. The maximum Gasteiger partial charge on any atom is 0.243 e. The second kappa shape index (κ2) is 9.29. The Balaban J connectivity index is 1.40. The lowest BCUT2D eigenvalue weighted by Crippen LogP contribution is -2.46. The van der Waals surface area contributed by atoms with Crippen LogP contribution in [0.1, 0.15) is 18.4 Å². The molecule has 2 aromatic rings. The van der Waals surface area contributed by atoms with Gasteiger partial charge in [-0.25, -0.2) is 22.0 Å². The van der Waals surface area contributed by atoms with E-state index in [-0.39, 0.29) is 28.8 Å². The number of sulfonamides is 2. The van der Waals surface area contributed by atoms with E-state index >= 15 is 0 Å². The molecule has 0 aliphatic carbocycles. The summed E-state index contributed by atoms with van der Waals surface area (Å²) in [7, 11) is -7.65. The molecule has 1 unspecified atom stereocenters. The molecule has 178 valence electrons. The Hall–Kier alpha value is -2.67. The molecular weight excluding hydrogens is 470 g/mol. The van der Waals surface area contributed by atoms with E-state index in [2.05, 4.69) is 5.32 Å². The van der Waals surface area contributed by atoms with Gasteiger partial charge in [-0.3, -0.25) is 4.79 Å². The Labute approximate surface area is 192 Å². The van der Waals surface area contributed by atoms with Gasteiger partial charge < -0.3 is 14.8 Å². The van der Waals surface area contributed by atoms with Gasteiger partial charge in [-0.05, 0) is 49.1 Å². The Morgan fingerprint density at radius 1 is 1.00 bits per heavy atom. The number of hydrogen-bond donors (Lipinski definition) is 2. The summed E-state index contributed by atoms with van der Waals surface area (Å²) in [5.74, 6) is 0.499. The molecular formula is C21H25N3O7S2. The van der Waals surface area contributed by atoms with Crippen molar-refractivity contribution in [3.8, 4) is 11.5 Å². The summed E-state index contributed by atoms with van der Waals surface area (Å²) in [6.07, 6.45) is 1.47. The number of primary sulfonamides is 1. The van der Waals surface area contributed by atoms with E-state index in [1.165, 1.54) is 28.6 Å². The summed E-state index contributed by atoms with van der Waals surface area (Å²) in [6.45, 7) is 1.28. The molecule has 0 radical (unpaired) electrons. The number of amides is 1. The number of fused-ring (bicyclic) bond motifs is 1. The van der Waals surface area contributed by atoms with Gasteiger partial charge >= 0.3 is 0 Å². The lowest BCUT2D eigenvalue weighted by atomic mass is 10.1. The maximum absolute atomic E-state index is 13.2. The van der Waals surface area contributed by atoms with Gasteiger partial charge in [-0.2, -0.15) is 4.31 Å². The first kappa shape index (κ1) is 23.5. The number of ether oxygens (including phenoxy) is 2. The highest BCUT2D eigenvalue weighted by molar-refractivity contribution is 7.89. The largest absolute Gasteiger partial charge is 0.486 e. The van der Waals surface area contributed by atoms with Gasteiger partial charge in [0.2, 0.25) is 26.0 Å². The number of carbonyl (C=O) groups is 1. The van der Waals surface area contributed by atoms with Gasteiger partial charge in [0, 0.05) is 19.2 Å². The third-order valence-electron chi connectivity index (χ3n) is 5.59. The molecule has 0 aromatic heterocycles.